The average molecular weight is 329 g/mol. The van der Waals surface area contributed by atoms with Gasteiger partial charge in [-0.15, -0.1) is 0 Å². The summed E-state index contributed by atoms with van der Waals surface area (Å²) in [6, 6.07) is 10.6. The molecule has 0 fully saturated rings. The van der Waals surface area contributed by atoms with E-state index in [0.29, 0.717) is 17.0 Å². The lowest BCUT2D eigenvalue weighted by Gasteiger charge is -2.15. The number of rotatable bonds is 3. The van der Waals surface area contributed by atoms with Gasteiger partial charge in [-0.25, -0.2) is 9.37 Å². The minimum absolute atomic E-state index is 0.0747. The molecule has 0 radical (unpaired) electrons. The van der Waals surface area contributed by atoms with Crippen LogP contribution in [0, 0.1) is 17.3 Å². The minimum Gasteiger partial charge on any atom is -0.273 e. The van der Waals surface area contributed by atoms with Gasteiger partial charge in [-0.05, 0) is 30.3 Å². The molecule has 0 amide bonds. The lowest BCUT2D eigenvalue weighted by molar-refractivity contribution is 0.628. The first-order chi connectivity index (χ1) is 11.1. The quantitative estimate of drug-likeness (QED) is 0.548. The molecule has 23 heavy (non-hydrogen) atoms. The van der Waals surface area contributed by atoms with Crippen LogP contribution in [-0.4, -0.2) is 9.38 Å². The Morgan fingerprint density at radius 2 is 2.13 bits per heavy atom. The molecule has 0 atom stereocenters. The Balaban J connectivity index is 1.97. The van der Waals surface area contributed by atoms with E-state index in [1.54, 1.807) is 24.4 Å². The number of hydrogen-bond acceptors (Lipinski definition) is 4. The first-order valence-corrected chi connectivity index (χ1v) is 7.06. The summed E-state index contributed by atoms with van der Waals surface area (Å²) in [5.74, 6) is -0.560. The van der Waals surface area contributed by atoms with E-state index in [1.807, 2.05) is 6.19 Å². The van der Waals surface area contributed by atoms with Gasteiger partial charge in [0, 0.05) is 12.3 Å². The molecule has 0 unspecified atom stereocenters. The van der Waals surface area contributed by atoms with Gasteiger partial charge in [-0.2, -0.15) is 5.26 Å². The predicted octanol–water partition coefficient (Wildman–Crippen LogP) is 2.97. The Bertz CT molecular complexity index is 980. The summed E-state index contributed by atoms with van der Waals surface area (Å²) in [6.45, 7) is 0.0824. The molecule has 1 aromatic carbocycles. The van der Waals surface area contributed by atoms with Crippen molar-refractivity contribution in [3.05, 3.63) is 75.5 Å². The standard InChI is InChI=1S/C16H10ClFN4O/c17-13-8-12(4-5-14(13)18)21(10-19)9-11-7-16(23)22-6-2-1-3-15(22)20-11/h1-8H,9H2. The topological polar surface area (TPSA) is 61.4 Å². The lowest BCUT2D eigenvalue weighted by Crippen LogP contribution is -2.21. The molecule has 3 rings (SSSR count). The predicted molar refractivity (Wildman–Crippen MR) is 84.7 cm³/mol. The zero-order valence-electron chi connectivity index (χ0n) is 11.8. The fourth-order valence-corrected chi connectivity index (χ4v) is 2.36. The minimum atomic E-state index is -0.560. The Morgan fingerprint density at radius 1 is 1.30 bits per heavy atom. The van der Waals surface area contributed by atoms with Crippen LogP contribution in [0.1, 0.15) is 5.69 Å². The van der Waals surface area contributed by atoms with E-state index >= 15 is 0 Å². The van der Waals surface area contributed by atoms with Gasteiger partial charge in [-0.1, -0.05) is 17.7 Å². The van der Waals surface area contributed by atoms with Crippen molar-refractivity contribution in [3.8, 4) is 6.19 Å². The Morgan fingerprint density at radius 3 is 2.87 bits per heavy atom. The van der Waals surface area contributed by atoms with Crippen molar-refractivity contribution >= 4 is 22.9 Å². The summed E-state index contributed by atoms with van der Waals surface area (Å²) >= 11 is 5.74. The molecule has 0 aliphatic carbocycles. The van der Waals surface area contributed by atoms with Gasteiger partial charge in [0.25, 0.3) is 5.56 Å². The van der Waals surface area contributed by atoms with E-state index < -0.39 is 5.82 Å². The number of aromatic nitrogens is 2. The van der Waals surface area contributed by atoms with Crippen LogP contribution in [0.4, 0.5) is 10.1 Å². The monoisotopic (exact) mass is 328 g/mol. The first-order valence-electron chi connectivity index (χ1n) is 6.68. The highest BCUT2D eigenvalue weighted by Crippen LogP contribution is 2.23. The molecule has 5 nitrogen and oxygen atoms in total. The van der Waals surface area contributed by atoms with Gasteiger partial charge in [0.15, 0.2) is 6.19 Å². The van der Waals surface area contributed by atoms with Gasteiger partial charge in [0.05, 0.1) is 22.9 Å². The third-order valence-electron chi connectivity index (χ3n) is 3.28. The molecule has 0 aliphatic rings. The second-order valence-electron chi connectivity index (χ2n) is 4.80. The zero-order chi connectivity index (χ0) is 16.4. The Kier molecular flexibility index (Phi) is 3.96. The molecule has 0 aliphatic heterocycles. The SMILES string of the molecule is N#CN(Cc1cc(=O)n2ccccc2n1)c1ccc(F)c(Cl)c1. The highest BCUT2D eigenvalue weighted by Gasteiger charge is 2.11. The maximum Gasteiger partial charge on any atom is 0.258 e. The number of nitriles is 1. The van der Waals surface area contributed by atoms with E-state index in [4.69, 9.17) is 11.6 Å². The summed E-state index contributed by atoms with van der Waals surface area (Å²) in [5.41, 5.74) is 1.11. The fourth-order valence-electron chi connectivity index (χ4n) is 2.18. The third kappa shape index (κ3) is 3.00. The van der Waals surface area contributed by atoms with Crippen LogP contribution in [0.15, 0.2) is 53.5 Å². The maximum absolute atomic E-state index is 13.2. The Labute approximate surface area is 135 Å². The van der Waals surface area contributed by atoms with Crippen LogP contribution < -0.4 is 10.5 Å². The molecular weight excluding hydrogens is 319 g/mol. The second-order valence-corrected chi connectivity index (χ2v) is 5.21. The van der Waals surface area contributed by atoms with Crippen molar-refractivity contribution in [3.63, 3.8) is 0 Å². The molecule has 3 aromatic rings. The summed E-state index contributed by atoms with van der Waals surface area (Å²) < 4.78 is 14.6. The highest BCUT2D eigenvalue weighted by molar-refractivity contribution is 6.31. The van der Waals surface area contributed by atoms with Crippen LogP contribution >= 0.6 is 11.6 Å². The summed E-state index contributed by atoms with van der Waals surface area (Å²) in [7, 11) is 0. The second kappa shape index (κ2) is 6.07. The molecule has 114 valence electrons. The van der Waals surface area contributed by atoms with Crippen molar-refractivity contribution in [2.45, 2.75) is 6.54 Å². The molecule has 2 heterocycles. The molecule has 2 aromatic heterocycles. The van der Waals surface area contributed by atoms with Crippen LogP contribution in [0.5, 0.6) is 0 Å². The maximum atomic E-state index is 13.2. The van der Waals surface area contributed by atoms with Crippen molar-refractivity contribution in [2.75, 3.05) is 4.90 Å². The van der Waals surface area contributed by atoms with E-state index in [0.717, 1.165) is 0 Å². The summed E-state index contributed by atoms with van der Waals surface area (Å²) in [4.78, 5) is 17.7. The zero-order valence-corrected chi connectivity index (χ0v) is 12.5. The molecule has 0 saturated heterocycles. The first kappa shape index (κ1) is 15.0. The van der Waals surface area contributed by atoms with E-state index in [9.17, 15) is 14.4 Å². The highest BCUT2D eigenvalue weighted by atomic mass is 35.5. The van der Waals surface area contributed by atoms with Gasteiger partial charge < -0.3 is 0 Å². The van der Waals surface area contributed by atoms with Crippen molar-refractivity contribution in [1.82, 2.24) is 9.38 Å². The van der Waals surface area contributed by atoms with Crippen LogP contribution in [0.2, 0.25) is 5.02 Å². The van der Waals surface area contributed by atoms with Crippen molar-refractivity contribution < 1.29 is 4.39 Å². The Hall–Kier alpha value is -2.91. The fraction of sp³-hybridized carbons (Fsp3) is 0.0625. The van der Waals surface area contributed by atoms with Gasteiger partial charge in [0.1, 0.15) is 11.5 Å². The smallest absolute Gasteiger partial charge is 0.258 e. The van der Waals surface area contributed by atoms with E-state index in [-0.39, 0.29) is 17.1 Å². The van der Waals surface area contributed by atoms with Crippen LogP contribution in [-0.2, 0) is 6.54 Å². The molecule has 0 bridgehead atoms. The average Bonchev–Trinajstić information content (AvgIpc) is 2.55. The lowest BCUT2D eigenvalue weighted by atomic mass is 10.2. The molecular formula is C16H10ClFN4O. The van der Waals surface area contributed by atoms with Gasteiger partial charge in [-0.3, -0.25) is 14.1 Å². The number of anilines is 1. The number of benzene rings is 1. The van der Waals surface area contributed by atoms with E-state index in [2.05, 4.69) is 4.98 Å². The summed E-state index contributed by atoms with van der Waals surface area (Å²) in [6.07, 6.45) is 3.61. The number of halogens is 2. The van der Waals surface area contributed by atoms with E-state index in [1.165, 1.54) is 33.6 Å². The van der Waals surface area contributed by atoms with Crippen molar-refractivity contribution in [1.29, 1.82) is 5.26 Å². The van der Waals surface area contributed by atoms with Gasteiger partial charge >= 0.3 is 0 Å². The number of pyridine rings is 1. The number of nitrogens with zero attached hydrogens (tertiary/aromatic N) is 4. The molecule has 0 saturated carbocycles. The summed E-state index contributed by atoms with van der Waals surface area (Å²) in [5, 5.41) is 9.24. The molecule has 7 heteroatoms. The van der Waals surface area contributed by atoms with Crippen molar-refractivity contribution in [2.24, 2.45) is 0 Å². The number of fused-ring (bicyclic) bond motifs is 1. The van der Waals surface area contributed by atoms with Crippen LogP contribution in [0.3, 0.4) is 0 Å². The normalized spacial score (nSPS) is 10.5. The van der Waals surface area contributed by atoms with Gasteiger partial charge in [0.2, 0.25) is 0 Å². The van der Waals surface area contributed by atoms with Crippen LogP contribution in [0.25, 0.3) is 5.65 Å². The third-order valence-corrected chi connectivity index (χ3v) is 3.57. The molecule has 0 N–H and O–H groups in total. The molecule has 0 spiro atoms. The number of hydrogen-bond donors (Lipinski definition) is 0. The largest absolute Gasteiger partial charge is 0.273 e.